The number of carbonyl (C=O) groups is 2. The molecular formula is C15H23BrN2O3. The summed E-state index contributed by atoms with van der Waals surface area (Å²) in [4.78, 5) is 19.3. The van der Waals surface area contributed by atoms with Crippen LogP contribution in [0.1, 0.15) is 42.5 Å². The van der Waals surface area contributed by atoms with Crippen LogP contribution in [0.3, 0.4) is 0 Å². The summed E-state index contributed by atoms with van der Waals surface area (Å²) in [7, 11) is 0. The third-order valence-corrected chi connectivity index (χ3v) is 3.36. The second-order valence-corrected chi connectivity index (χ2v) is 5.58. The number of hydrogen-bond acceptors (Lipinski definition) is 4. The summed E-state index contributed by atoms with van der Waals surface area (Å²) in [5.74, 6) is -0.968. The van der Waals surface area contributed by atoms with Crippen LogP contribution in [0.5, 0.6) is 0 Å². The maximum atomic E-state index is 10.1. The third kappa shape index (κ3) is 12.2. The van der Waals surface area contributed by atoms with E-state index in [4.69, 9.17) is 10.8 Å². The molecule has 1 aromatic carbocycles. The first-order chi connectivity index (χ1) is 9.99. The molecule has 0 spiro atoms. The fourth-order valence-corrected chi connectivity index (χ4v) is 1.94. The van der Waals surface area contributed by atoms with Gasteiger partial charge in [-0.15, -0.1) is 0 Å². The Morgan fingerprint density at radius 2 is 1.71 bits per heavy atom. The lowest BCUT2D eigenvalue weighted by Crippen LogP contribution is -2.22. The molecule has 1 aromatic rings. The molecule has 0 radical (unpaired) electrons. The molecule has 0 aromatic heterocycles. The summed E-state index contributed by atoms with van der Waals surface area (Å²) in [5, 5.41) is 7.60. The summed E-state index contributed by atoms with van der Waals surface area (Å²) in [5.41, 5.74) is 10.9. The molecule has 0 atom stereocenters. The Hall–Kier alpha value is -1.24. The van der Waals surface area contributed by atoms with Gasteiger partial charge in [-0.1, -0.05) is 47.3 Å². The lowest BCUT2D eigenvalue weighted by Gasteiger charge is -2.15. The van der Waals surface area contributed by atoms with Crippen molar-refractivity contribution in [3.05, 3.63) is 34.3 Å². The topological polar surface area (TPSA) is 106 Å². The first kappa shape index (κ1) is 19.8. The number of halogens is 1. The van der Waals surface area contributed by atoms with Crippen LogP contribution in [0.4, 0.5) is 0 Å². The summed E-state index contributed by atoms with van der Waals surface area (Å²) in [6, 6.07) is 7.73. The van der Waals surface area contributed by atoms with Crippen molar-refractivity contribution in [1.82, 2.24) is 0 Å². The minimum atomic E-state index is -0.968. The molecular weight excluding hydrogens is 336 g/mol. The minimum absolute atomic E-state index is 0.278. The number of rotatable bonds is 2. The van der Waals surface area contributed by atoms with E-state index in [2.05, 4.69) is 21.7 Å². The van der Waals surface area contributed by atoms with Crippen molar-refractivity contribution in [3.63, 3.8) is 0 Å². The highest BCUT2D eigenvalue weighted by Crippen LogP contribution is 2.14. The van der Waals surface area contributed by atoms with Gasteiger partial charge in [-0.3, -0.25) is 9.59 Å². The summed E-state index contributed by atoms with van der Waals surface area (Å²) < 4.78 is 0.994. The van der Waals surface area contributed by atoms with Crippen molar-refractivity contribution in [2.75, 3.05) is 6.54 Å². The van der Waals surface area contributed by atoms with Gasteiger partial charge in [0.1, 0.15) is 6.29 Å². The standard InChI is InChI=1S/C7H5BrO.C6H13N.C2H5NO2/c8-7-3-1-6(5-9)2-4-7;7-6-4-2-1-3-5-6;3-1-2(4)5/h1-5H;6H,1-5,7H2;1,3H2,(H,4,5). The molecule has 0 bridgehead atoms. The average molecular weight is 359 g/mol. The van der Waals surface area contributed by atoms with Crippen molar-refractivity contribution >= 4 is 28.2 Å². The lowest BCUT2D eigenvalue weighted by atomic mass is 9.97. The molecule has 0 heterocycles. The number of carboxylic acids is 1. The SMILES string of the molecule is NC1CCCCC1.NCC(=O)O.O=Cc1ccc(Br)cc1. The predicted octanol–water partition coefficient (Wildman–Crippen LogP) is 2.57. The van der Waals surface area contributed by atoms with Crippen LogP contribution >= 0.6 is 15.9 Å². The molecule has 1 fully saturated rings. The molecule has 2 rings (SSSR count). The molecule has 5 N–H and O–H groups in total. The van der Waals surface area contributed by atoms with Gasteiger partial charge < -0.3 is 16.6 Å². The van der Waals surface area contributed by atoms with Gasteiger partial charge >= 0.3 is 5.97 Å². The highest BCUT2D eigenvalue weighted by atomic mass is 79.9. The lowest BCUT2D eigenvalue weighted by molar-refractivity contribution is -0.135. The van der Waals surface area contributed by atoms with Gasteiger partial charge in [0.15, 0.2) is 0 Å². The Morgan fingerprint density at radius 1 is 1.24 bits per heavy atom. The molecule has 118 valence electrons. The molecule has 1 saturated carbocycles. The van der Waals surface area contributed by atoms with Crippen molar-refractivity contribution < 1.29 is 14.7 Å². The van der Waals surface area contributed by atoms with Crippen molar-refractivity contribution in [3.8, 4) is 0 Å². The van der Waals surface area contributed by atoms with E-state index in [9.17, 15) is 9.59 Å². The minimum Gasteiger partial charge on any atom is -0.480 e. The summed E-state index contributed by atoms with van der Waals surface area (Å²) >= 11 is 3.26. The molecule has 21 heavy (non-hydrogen) atoms. The number of benzene rings is 1. The van der Waals surface area contributed by atoms with E-state index in [1.54, 1.807) is 12.1 Å². The fourth-order valence-electron chi connectivity index (χ4n) is 1.68. The van der Waals surface area contributed by atoms with Crippen LogP contribution in [0.2, 0.25) is 0 Å². The van der Waals surface area contributed by atoms with Crippen molar-refractivity contribution in [1.29, 1.82) is 0 Å². The monoisotopic (exact) mass is 358 g/mol. The Morgan fingerprint density at radius 3 is 2.00 bits per heavy atom. The maximum Gasteiger partial charge on any atom is 0.317 e. The van der Waals surface area contributed by atoms with Crippen LogP contribution in [0, 0.1) is 0 Å². The number of hydrogen-bond donors (Lipinski definition) is 3. The van der Waals surface area contributed by atoms with Crippen molar-refractivity contribution in [2.24, 2.45) is 11.5 Å². The van der Waals surface area contributed by atoms with E-state index in [0.29, 0.717) is 11.6 Å². The normalized spacial score (nSPS) is 14.0. The summed E-state index contributed by atoms with van der Waals surface area (Å²) in [6.45, 7) is -0.278. The largest absolute Gasteiger partial charge is 0.480 e. The first-order valence-electron chi connectivity index (χ1n) is 6.87. The Balaban J connectivity index is 0.000000300. The smallest absolute Gasteiger partial charge is 0.317 e. The van der Waals surface area contributed by atoms with E-state index >= 15 is 0 Å². The van der Waals surface area contributed by atoms with Crippen LogP contribution in [0.15, 0.2) is 28.7 Å². The number of nitrogens with two attached hydrogens (primary N) is 2. The zero-order chi connectivity index (χ0) is 16.1. The van der Waals surface area contributed by atoms with Crippen LogP contribution in [-0.2, 0) is 4.79 Å². The maximum absolute atomic E-state index is 10.1. The number of carboxylic acid groups (broad SMARTS) is 1. The zero-order valence-corrected chi connectivity index (χ0v) is 13.6. The average Bonchev–Trinajstić information content (AvgIpc) is 2.50. The highest BCUT2D eigenvalue weighted by molar-refractivity contribution is 9.10. The van der Waals surface area contributed by atoms with Crippen molar-refractivity contribution in [2.45, 2.75) is 38.1 Å². The van der Waals surface area contributed by atoms with Gasteiger partial charge in [-0.2, -0.15) is 0 Å². The number of aldehydes is 1. The quantitative estimate of drug-likeness (QED) is 0.704. The first-order valence-corrected chi connectivity index (χ1v) is 7.67. The van der Waals surface area contributed by atoms with E-state index in [1.807, 2.05) is 12.1 Å². The van der Waals surface area contributed by atoms with Crippen LogP contribution < -0.4 is 11.5 Å². The van der Waals surface area contributed by atoms with Gasteiger partial charge in [0.25, 0.3) is 0 Å². The van der Waals surface area contributed by atoms with Gasteiger partial charge in [0, 0.05) is 16.1 Å². The van der Waals surface area contributed by atoms with E-state index in [1.165, 1.54) is 32.1 Å². The Kier molecular flexibility index (Phi) is 11.8. The highest BCUT2D eigenvalue weighted by Gasteiger charge is 2.06. The predicted molar refractivity (Wildman–Crippen MR) is 87.3 cm³/mol. The molecule has 1 aliphatic rings. The van der Waals surface area contributed by atoms with Gasteiger partial charge in [-0.05, 0) is 25.0 Å². The van der Waals surface area contributed by atoms with E-state index in [-0.39, 0.29) is 6.54 Å². The molecule has 5 nitrogen and oxygen atoms in total. The molecule has 0 unspecified atom stereocenters. The van der Waals surface area contributed by atoms with Gasteiger partial charge in [0.2, 0.25) is 0 Å². The second-order valence-electron chi connectivity index (χ2n) is 4.67. The van der Waals surface area contributed by atoms with Crippen LogP contribution in [0.25, 0.3) is 0 Å². The fraction of sp³-hybridized carbons (Fsp3) is 0.467. The Labute approximate surface area is 133 Å². The molecule has 1 aliphatic carbocycles. The number of carbonyl (C=O) groups excluding carboxylic acids is 1. The molecule has 0 amide bonds. The second kappa shape index (κ2) is 12.5. The van der Waals surface area contributed by atoms with E-state index < -0.39 is 5.97 Å². The summed E-state index contributed by atoms with van der Waals surface area (Å²) in [6.07, 6.45) is 7.49. The zero-order valence-electron chi connectivity index (χ0n) is 12.0. The number of aliphatic carboxylic acids is 1. The third-order valence-electron chi connectivity index (χ3n) is 2.83. The molecule has 6 heteroatoms. The molecule has 0 saturated heterocycles. The Bertz CT molecular complexity index is 404. The van der Waals surface area contributed by atoms with Crippen LogP contribution in [-0.4, -0.2) is 29.9 Å². The van der Waals surface area contributed by atoms with Gasteiger partial charge in [0.05, 0.1) is 6.54 Å². The van der Waals surface area contributed by atoms with E-state index in [0.717, 1.165) is 10.8 Å². The van der Waals surface area contributed by atoms with Gasteiger partial charge in [-0.25, -0.2) is 0 Å². The molecule has 0 aliphatic heterocycles.